The number of likely N-dealkylation sites (N-methyl/N-ethyl adjacent to an activating group) is 1. The third kappa shape index (κ3) is 9.51. The zero-order chi connectivity index (χ0) is 47.0. The molecule has 1 saturated carbocycles. The summed E-state index contributed by atoms with van der Waals surface area (Å²) in [5, 5.41) is 5.37. The van der Waals surface area contributed by atoms with Crippen molar-refractivity contribution >= 4 is 40.4 Å². The summed E-state index contributed by atoms with van der Waals surface area (Å²) < 4.78 is 30.2. The molecule has 4 aromatic rings. The van der Waals surface area contributed by atoms with Gasteiger partial charge in [0, 0.05) is 80.5 Å². The molecule has 2 aliphatic heterocycles. The molecule has 1 aliphatic carbocycles. The van der Waals surface area contributed by atoms with Crippen LogP contribution in [-0.4, -0.2) is 100 Å². The Morgan fingerprint density at radius 2 is 1.83 bits per heavy atom. The number of benzene rings is 2. The fraction of sp³-hybridized carbons (Fsp3) is 0.490. The second kappa shape index (κ2) is 19.0. The van der Waals surface area contributed by atoms with E-state index in [0.29, 0.717) is 25.8 Å². The molecule has 1 unspecified atom stereocenters. The number of nitrogens with zero attached hydrogens (tertiary/aromatic N) is 4. The zero-order valence-electron chi connectivity index (χ0n) is 38.9. The molecular weight excluding hydrogens is 828 g/mol. The summed E-state index contributed by atoms with van der Waals surface area (Å²) in [7, 11) is 3.06. The average molecular weight is 891 g/mol. The van der Waals surface area contributed by atoms with Gasteiger partial charge in [-0.25, -0.2) is 9.82 Å². The Kier molecular flexibility index (Phi) is 13.8. The van der Waals surface area contributed by atoms with Crippen LogP contribution in [0.3, 0.4) is 0 Å². The highest BCUT2D eigenvalue weighted by Crippen LogP contribution is 2.44. The molecule has 3 aliphatic rings. The van der Waals surface area contributed by atoms with Crippen molar-refractivity contribution in [1.82, 2.24) is 30.2 Å². The van der Waals surface area contributed by atoms with Crippen LogP contribution in [0.25, 0.3) is 33.3 Å². The van der Waals surface area contributed by atoms with Crippen LogP contribution in [-0.2, 0) is 52.8 Å². The summed E-state index contributed by atoms with van der Waals surface area (Å²) >= 11 is 0. The number of aryl methyl sites for hydroxylation is 1. The van der Waals surface area contributed by atoms with Gasteiger partial charge in [0.15, 0.2) is 11.5 Å². The quantitative estimate of drug-likeness (QED) is 0.119. The number of hydrogen-bond donors (Lipinski definition) is 2. The van der Waals surface area contributed by atoms with E-state index in [1.807, 2.05) is 37.3 Å². The summed E-state index contributed by atoms with van der Waals surface area (Å²) in [4.78, 5) is 74.6. The molecule has 1 saturated heterocycles. The van der Waals surface area contributed by atoms with Crippen LogP contribution >= 0.6 is 0 Å². The van der Waals surface area contributed by atoms with Gasteiger partial charge < -0.3 is 24.3 Å². The number of aromatic nitrogens is 2. The number of rotatable bonds is 11. The van der Waals surface area contributed by atoms with E-state index in [1.54, 1.807) is 27.2 Å². The zero-order valence-corrected chi connectivity index (χ0v) is 38.9. The Morgan fingerprint density at radius 1 is 1.09 bits per heavy atom. The van der Waals surface area contributed by atoms with Crippen molar-refractivity contribution in [2.75, 3.05) is 27.3 Å². The van der Waals surface area contributed by atoms with Crippen LogP contribution in [0.4, 0.5) is 4.39 Å². The molecule has 2 aromatic heterocycles. The number of pyridine rings is 1. The number of alkyl halides is 1. The van der Waals surface area contributed by atoms with Gasteiger partial charge >= 0.3 is 5.97 Å². The lowest BCUT2D eigenvalue weighted by atomic mass is 9.69. The summed E-state index contributed by atoms with van der Waals surface area (Å²) in [6.07, 6.45) is 3.66. The van der Waals surface area contributed by atoms with Crippen LogP contribution in [0.15, 0.2) is 73.4 Å². The molecule has 65 heavy (non-hydrogen) atoms. The maximum absolute atomic E-state index is 15.9. The van der Waals surface area contributed by atoms with Gasteiger partial charge in [0.05, 0.1) is 24.1 Å². The highest BCUT2D eigenvalue weighted by atomic mass is 19.1. The predicted molar refractivity (Wildman–Crippen MR) is 247 cm³/mol. The second-order valence-corrected chi connectivity index (χ2v) is 19.1. The fourth-order valence-electron chi connectivity index (χ4n) is 9.87. The van der Waals surface area contributed by atoms with E-state index in [9.17, 15) is 24.0 Å². The smallest absolute Gasteiger partial charge is 0.324 e. The number of allylic oxidation sites excluding steroid dienone is 1. The standard InChI is InChI=1S/C51H63FN6O7/c1-10-42(59)35-26-51(52,27-35)49(63)56(8)44(30(3)4)46(60)54-40-24-32-15-12-16-33(23-32)34-19-20-41-37(25-34)38(45(57(41)11-2)36-17-13-21-53-43(36)31(5)64-9)28-50(6,7)29-65-48(62)39-18-14-22-58(55-39)47(40)61/h10,12-13,15-17,19-21,23,25,30-31,35,39-40,44,55H,1,11,14,18,22,24,26-29H2,2-9H3,(H,54,60)/t31-,35?,39-,40-,44?,51?/m0/s1. The van der Waals surface area contributed by atoms with Crippen molar-refractivity contribution in [3.8, 4) is 22.4 Å². The summed E-state index contributed by atoms with van der Waals surface area (Å²) in [6, 6.07) is 15.2. The number of nitrogens with one attached hydrogen (secondary N) is 2. The SMILES string of the molecule is C=CC(=O)C1CC(F)(C(=O)N(C)C(C(=O)N[C@H]2Cc3cccc(c3)-c3ccc4c(c3)c(c(-c3cccnc3[C@H](C)OC)n4CC)CC(C)(C)COC(=O)[C@@H]3CCCN(N3)C2=O)C(C)C)C1. The van der Waals surface area contributed by atoms with E-state index >= 15 is 4.39 Å². The Balaban J connectivity index is 1.29. The number of fused-ring (bicyclic) bond motifs is 6. The molecule has 7 rings (SSSR count). The second-order valence-electron chi connectivity index (χ2n) is 19.1. The lowest BCUT2D eigenvalue weighted by molar-refractivity contribution is -0.160. The van der Waals surface area contributed by atoms with Crippen molar-refractivity contribution in [2.24, 2.45) is 17.3 Å². The van der Waals surface area contributed by atoms with Crippen molar-refractivity contribution in [2.45, 2.75) is 117 Å². The number of carbonyl (C=O) groups is 5. The highest BCUT2D eigenvalue weighted by molar-refractivity contribution is 5.98. The number of methoxy groups -OCH3 is 1. The van der Waals surface area contributed by atoms with Gasteiger partial charge in [0.2, 0.25) is 5.91 Å². The van der Waals surface area contributed by atoms with Crippen LogP contribution < -0.4 is 10.7 Å². The van der Waals surface area contributed by atoms with Crippen molar-refractivity contribution < 1.29 is 37.8 Å². The van der Waals surface area contributed by atoms with Gasteiger partial charge in [-0.3, -0.25) is 34.0 Å². The molecule has 4 atom stereocenters. The largest absolute Gasteiger partial charge is 0.464 e. The van der Waals surface area contributed by atoms with Crippen molar-refractivity contribution in [1.29, 1.82) is 0 Å². The van der Waals surface area contributed by atoms with Gasteiger partial charge in [-0.1, -0.05) is 64.6 Å². The van der Waals surface area contributed by atoms with E-state index in [0.717, 1.165) is 61.1 Å². The number of halogens is 1. The number of carbonyl (C=O) groups excluding carboxylic acids is 5. The van der Waals surface area contributed by atoms with Crippen LogP contribution in [0.5, 0.6) is 0 Å². The molecule has 0 radical (unpaired) electrons. The Hall–Kier alpha value is -5.73. The van der Waals surface area contributed by atoms with E-state index < -0.39 is 64.7 Å². The highest BCUT2D eigenvalue weighted by Gasteiger charge is 2.55. The fourth-order valence-corrected chi connectivity index (χ4v) is 9.87. The van der Waals surface area contributed by atoms with Gasteiger partial charge in [-0.2, -0.15) is 0 Å². The normalized spacial score (nSPS) is 23.2. The molecule has 0 spiro atoms. The van der Waals surface area contributed by atoms with Crippen molar-refractivity contribution in [3.05, 3.63) is 90.3 Å². The molecule has 4 heterocycles. The molecule has 2 aromatic carbocycles. The van der Waals surface area contributed by atoms with Crippen LogP contribution in [0.1, 0.15) is 90.2 Å². The summed E-state index contributed by atoms with van der Waals surface area (Å²) in [5.74, 6) is -3.91. The summed E-state index contributed by atoms with van der Waals surface area (Å²) in [5.41, 5.74) is 7.87. The Labute approximate surface area is 381 Å². The lowest BCUT2D eigenvalue weighted by Crippen LogP contribution is -2.63. The minimum atomic E-state index is -2.30. The third-order valence-electron chi connectivity index (χ3n) is 13.4. The van der Waals surface area contributed by atoms with Gasteiger partial charge in [-0.05, 0) is 91.6 Å². The Morgan fingerprint density at radius 3 is 2.52 bits per heavy atom. The third-order valence-corrected chi connectivity index (χ3v) is 13.4. The molecule has 2 fully saturated rings. The van der Waals surface area contributed by atoms with Gasteiger partial charge in [-0.15, -0.1) is 0 Å². The number of amides is 3. The molecule has 3 amide bonds. The summed E-state index contributed by atoms with van der Waals surface area (Å²) in [6.45, 7) is 16.3. The first-order valence-electron chi connectivity index (χ1n) is 22.8. The van der Waals surface area contributed by atoms with E-state index in [4.69, 9.17) is 14.5 Å². The minimum absolute atomic E-state index is 0.0755. The topological polar surface area (TPSA) is 152 Å². The molecule has 6 bridgehead atoms. The van der Waals surface area contributed by atoms with Crippen molar-refractivity contribution in [3.63, 3.8) is 0 Å². The first-order chi connectivity index (χ1) is 30.9. The first kappa shape index (κ1) is 47.2. The number of hydrazine groups is 1. The maximum Gasteiger partial charge on any atom is 0.324 e. The minimum Gasteiger partial charge on any atom is -0.464 e. The number of ketones is 1. The number of cyclic esters (lactones) is 1. The average Bonchev–Trinajstić information content (AvgIpc) is 3.59. The van der Waals surface area contributed by atoms with Gasteiger partial charge in [0.1, 0.15) is 18.1 Å². The molecule has 14 heteroatoms. The lowest BCUT2D eigenvalue weighted by Gasteiger charge is -2.43. The monoisotopic (exact) mass is 890 g/mol. The molecule has 13 nitrogen and oxygen atoms in total. The van der Waals surface area contributed by atoms with E-state index in [2.05, 4.69) is 66.9 Å². The Bertz CT molecular complexity index is 2490. The van der Waals surface area contributed by atoms with Crippen LogP contribution in [0, 0.1) is 17.3 Å². The predicted octanol–water partition coefficient (Wildman–Crippen LogP) is 7.10. The van der Waals surface area contributed by atoms with E-state index in [-0.39, 0.29) is 44.3 Å². The number of esters is 1. The van der Waals surface area contributed by atoms with Gasteiger partial charge in [0.25, 0.3) is 11.8 Å². The molecule has 346 valence electrons. The van der Waals surface area contributed by atoms with E-state index in [1.165, 1.54) is 12.1 Å². The first-order valence-corrected chi connectivity index (χ1v) is 22.8. The number of ether oxygens (including phenoxy) is 2. The van der Waals surface area contributed by atoms with Crippen LogP contribution in [0.2, 0.25) is 0 Å². The number of hydrogen-bond acceptors (Lipinski definition) is 9. The molecular formula is C51H63FN6O7. The molecule has 2 N–H and O–H groups in total. The maximum atomic E-state index is 15.9.